The summed E-state index contributed by atoms with van der Waals surface area (Å²) in [7, 11) is 2.10. The van der Waals surface area contributed by atoms with E-state index < -0.39 is 0 Å². The molecule has 1 aliphatic heterocycles. The van der Waals surface area contributed by atoms with Crippen molar-refractivity contribution >= 4 is 0 Å². The molecule has 2 unspecified atom stereocenters. The molecule has 0 aliphatic carbocycles. The highest BCUT2D eigenvalue weighted by Crippen LogP contribution is 2.26. The summed E-state index contributed by atoms with van der Waals surface area (Å²) in [5, 5.41) is 12.3. The average molecular weight is 266 g/mol. The molecule has 1 aromatic carbocycles. The van der Waals surface area contributed by atoms with Crippen molar-refractivity contribution in [3.05, 3.63) is 35.6 Å². The molecule has 0 saturated carbocycles. The fourth-order valence-corrected chi connectivity index (χ4v) is 2.85. The van der Waals surface area contributed by atoms with Crippen molar-refractivity contribution < 1.29 is 9.50 Å². The van der Waals surface area contributed by atoms with Crippen LogP contribution in [0.15, 0.2) is 24.3 Å². The lowest BCUT2D eigenvalue weighted by molar-refractivity contribution is 0.200. The van der Waals surface area contributed by atoms with Crippen LogP contribution in [0.1, 0.15) is 24.3 Å². The average Bonchev–Trinajstić information content (AvgIpc) is 2.38. The number of rotatable bonds is 5. The number of likely N-dealkylation sites (N-methyl/N-ethyl adjacent to an activating group) is 1. The SMILES string of the molecule is CN1CC(NCCCO)CC(c2cccc(F)c2)C1. The normalized spacial score (nSPS) is 24.6. The van der Waals surface area contributed by atoms with Gasteiger partial charge in [0.05, 0.1) is 0 Å². The van der Waals surface area contributed by atoms with Gasteiger partial charge in [0, 0.05) is 25.7 Å². The van der Waals surface area contributed by atoms with Gasteiger partial charge in [0.25, 0.3) is 0 Å². The standard InChI is InChI=1S/C15H23FN2O/c1-18-10-13(12-4-2-5-14(16)8-12)9-15(11-18)17-6-3-7-19/h2,4-5,8,13,15,17,19H,3,6-7,9-11H2,1H3. The van der Waals surface area contributed by atoms with E-state index in [1.165, 1.54) is 6.07 Å². The molecule has 0 radical (unpaired) electrons. The Labute approximate surface area is 114 Å². The Balaban J connectivity index is 1.97. The van der Waals surface area contributed by atoms with Gasteiger partial charge < -0.3 is 15.3 Å². The van der Waals surface area contributed by atoms with E-state index in [0.717, 1.165) is 38.0 Å². The fraction of sp³-hybridized carbons (Fsp3) is 0.600. The lowest BCUT2D eigenvalue weighted by Crippen LogP contribution is -2.47. The molecule has 3 nitrogen and oxygen atoms in total. The smallest absolute Gasteiger partial charge is 0.123 e. The quantitative estimate of drug-likeness (QED) is 0.794. The molecule has 1 aromatic rings. The van der Waals surface area contributed by atoms with Gasteiger partial charge in [-0.1, -0.05) is 12.1 Å². The van der Waals surface area contributed by atoms with Crippen LogP contribution < -0.4 is 5.32 Å². The molecule has 2 atom stereocenters. The molecule has 1 fully saturated rings. The minimum Gasteiger partial charge on any atom is -0.396 e. The second kappa shape index (κ2) is 6.98. The molecule has 0 aromatic heterocycles. The number of hydrogen-bond acceptors (Lipinski definition) is 3. The molecule has 1 heterocycles. The van der Waals surface area contributed by atoms with Gasteiger partial charge in [-0.3, -0.25) is 0 Å². The lowest BCUT2D eigenvalue weighted by atomic mass is 9.88. The second-order valence-electron chi connectivity index (χ2n) is 5.44. The predicted octanol–water partition coefficient (Wildman–Crippen LogP) is 1.59. The number of piperidine rings is 1. The monoisotopic (exact) mass is 266 g/mol. The van der Waals surface area contributed by atoms with Crippen molar-refractivity contribution in [2.45, 2.75) is 24.8 Å². The maximum atomic E-state index is 13.3. The number of halogens is 1. The summed E-state index contributed by atoms with van der Waals surface area (Å²) >= 11 is 0. The number of nitrogens with zero attached hydrogens (tertiary/aromatic N) is 1. The molecule has 0 bridgehead atoms. The molecule has 0 amide bonds. The molecular formula is C15H23FN2O. The maximum Gasteiger partial charge on any atom is 0.123 e. The van der Waals surface area contributed by atoms with E-state index in [-0.39, 0.29) is 12.4 Å². The van der Waals surface area contributed by atoms with Crippen LogP contribution in [-0.2, 0) is 0 Å². The maximum absolute atomic E-state index is 13.3. The van der Waals surface area contributed by atoms with Gasteiger partial charge in [-0.25, -0.2) is 4.39 Å². The highest BCUT2D eigenvalue weighted by molar-refractivity contribution is 5.22. The van der Waals surface area contributed by atoms with Gasteiger partial charge in [0.1, 0.15) is 5.82 Å². The summed E-state index contributed by atoms with van der Waals surface area (Å²) in [6.07, 6.45) is 1.81. The van der Waals surface area contributed by atoms with Crippen molar-refractivity contribution in [3.63, 3.8) is 0 Å². The van der Waals surface area contributed by atoms with Crippen LogP contribution in [-0.4, -0.2) is 49.3 Å². The second-order valence-corrected chi connectivity index (χ2v) is 5.44. The first-order valence-corrected chi connectivity index (χ1v) is 6.97. The third kappa shape index (κ3) is 4.27. The number of likely N-dealkylation sites (tertiary alicyclic amines) is 1. The van der Waals surface area contributed by atoms with E-state index in [1.807, 2.05) is 6.07 Å². The first-order valence-electron chi connectivity index (χ1n) is 6.97. The summed E-state index contributed by atoms with van der Waals surface area (Å²) in [5.74, 6) is 0.219. The zero-order valence-corrected chi connectivity index (χ0v) is 11.5. The van der Waals surface area contributed by atoms with Crippen LogP contribution in [0, 0.1) is 5.82 Å². The van der Waals surface area contributed by atoms with E-state index in [9.17, 15) is 4.39 Å². The number of nitrogens with one attached hydrogen (secondary N) is 1. The van der Waals surface area contributed by atoms with E-state index in [4.69, 9.17) is 5.11 Å². The lowest BCUT2D eigenvalue weighted by Gasteiger charge is -2.36. The molecule has 19 heavy (non-hydrogen) atoms. The summed E-state index contributed by atoms with van der Waals surface area (Å²) < 4.78 is 13.3. The highest BCUT2D eigenvalue weighted by Gasteiger charge is 2.26. The molecular weight excluding hydrogens is 243 g/mol. The van der Waals surface area contributed by atoms with Gasteiger partial charge in [-0.05, 0) is 50.0 Å². The van der Waals surface area contributed by atoms with Crippen LogP contribution in [0.2, 0.25) is 0 Å². The predicted molar refractivity (Wildman–Crippen MR) is 74.7 cm³/mol. The minimum atomic E-state index is -0.157. The molecule has 1 saturated heterocycles. The van der Waals surface area contributed by atoms with Crippen LogP contribution in [0.5, 0.6) is 0 Å². The van der Waals surface area contributed by atoms with Gasteiger partial charge in [-0.15, -0.1) is 0 Å². The fourth-order valence-electron chi connectivity index (χ4n) is 2.85. The van der Waals surface area contributed by atoms with Crippen LogP contribution in [0.4, 0.5) is 4.39 Å². The topological polar surface area (TPSA) is 35.5 Å². The Bertz CT molecular complexity index is 399. The zero-order valence-electron chi connectivity index (χ0n) is 11.5. The van der Waals surface area contributed by atoms with Crippen molar-refractivity contribution in [1.82, 2.24) is 10.2 Å². The van der Waals surface area contributed by atoms with E-state index >= 15 is 0 Å². The summed E-state index contributed by atoms with van der Waals surface area (Å²) in [6.45, 7) is 3.05. The number of hydrogen-bond donors (Lipinski definition) is 2. The van der Waals surface area contributed by atoms with Crippen LogP contribution in [0.3, 0.4) is 0 Å². The Morgan fingerprint density at radius 3 is 3.00 bits per heavy atom. The minimum absolute atomic E-state index is 0.157. The summed E-state index contributed by atoms with van der Waals surface area (Å²) in [4.78, 5) is 2.29. The Morgan fingerprint density at radius 1 is 1.42 bits per heavy atom. The van der Waals surface area contributed by atoms with Gasteiger partial charge in [-0.2, -0.15) is 0 Å². The number of aliphatic hydroxyl groups excluding tert-OH is 1. The Morgan fingerprint density at radius 2 is 2.26 bits per heavy atom. The molecule has 4 heteroatoms. The Hall–Kier alpha value is -0.970. The molecule has 0 spiro atoms. The zero-order chi connectivity index (χ0) is 13.7. The molecule has 106 valence electrons. The van der Waals surface area contributed by atoms with Gasteiger partial charge in [0.15, 0.2) is 0 Å². The number of aliphatic hydroxyl groups is 1. The van der Waals surface area contributed by atoms with E-state index in [1.54, 1.807) is 12.1 Å². The first-order chi connectivity index (χ1) is 9.19. The van der Waals surface area contributed by atoms with E-state index in [0.29, 0.717) is 12.0 Å². The molecule has 1 aliphatic rings. The molecule has 2 rings (SSSR count). The van der Waals surface area contributed by atoms with Gasteiger partial charge >= 0.3 is 0 Å². The van der Waals surface area contributed by atoms with Gasteiger partial charge in [0.2, 0.25) is 0 Å². The van der Waals surface area contributed by atoms with Crippen molar-refractivity contribution in [2.24, 2.45) is 0 Å². The van der Waals surface area contributed by atoms with Crippen molar-refractivity contribution in [2.75, 3.05) is 33.3 Å². The van der Waals surface area contributed by atoms with Crippen LogP contribution >= 0.6 is 0 Å². The Kier molecular flexibility index (Phi) is 5.31. The van der Waals surface area contributed by atoms with Crippen LogP contribution in [0.25, 0.3) is 0 Å². The van der Waals surface area contributed by atoms with Crippen molar-refractivity contribution in [1.29, 1.82) is 0 Å². The summed E-state index contributed by atoms with van der Waals surface area (Å²) in [6, 6.07) is 7.35. The third-order valence-corrected chi connectivity index (χ3v) is 3.72. The summed E-state index contributed by atoms with van der Waals surface area (Å²) in [5.41, 5.74) is 1.08. The number of benzene rings is 1. The first kappa shape index (κ1) is 14.4. The highest BCUT2D eigenvalue weighted by atomic mass is 19.1. The van der Waals surface area contributed by atoms with Crippen molar-refractivity contribution in [3.8, 4) is 0 Å². The molecule has 2 N–H and O–H groups in total. The third-order valence-electron chi connectivity index (χ3n) is 3.72. The van der Waals surface area contributed by atoms with E-state index in [2.05, 4.69) is 17.3 Å². The largest absolute Gasteiger partial charge is 0.396 e.